The maximum Gasteiger partial charge on any atom is 0.0917 e. The minimum Gasteiger partial charge on any atom is -0.366 e. The lowest BCUT2D eigenvalue weighted by atomic mass is 10.0. The fourth-order valence-corrected chi connectivity index (χ4v) is 1.12. The lowest BCUT2D eigenvalue weighted by Gasteiger charge is -1.96. The van der Waals surface area contributed by atoms with Gasteiger partial charge in [-0.15, -0.1) is 0 Å². The van der Waals surface area contributed by atoms with Crippen LogP contribution in [0.4, 0.5) is 0 Å². The summed E-state index contributed by atoms with van der Waals surface area (Å²) < 4.78 is 5.40. The molecule has 1 aliphatic rings. The van der Waals surface area contributed by atoms with Crippen LogP contribution in [0.15, 0.2) is 0 Å². The van der Waals surface area contributed by atoms with Crippen molar-refractivity contribution < 1.29 is 4.74 Å². The van der Waals surface area contributed by atoms with Gasteiger partial charge in [-0.25, -0.2) is 0 Å². The van der Waals surface area contributed by atoms with E-state index in [-0.39, 0.29) is 5.60 Å². The summed E-state index contributed by atoms with van der Waals surface area (Å²) in [6, 6.07) is 0. The van der Waals surface area contributed by atoms with Gasteiger partial charge in [-0.3, -0.25) is 0 Å². The van der Waals surface area contributed by atoms with Crippen molar-refractivity contribution in [2.24, 2.45) is 0 Å². The van der Waals surface area contributed by atoms with E-state index in [1.54, 1.807) is 0 Å². The minimum absolute atomic E-state index is 0.259. The molecule has 0 saturated carbocycles. The summed E-state index contributed by atoms with van der Waals surface area (Å²) in [5, 5.41) is 0. The molecule has 1 fully saturated rings. The standard InChI is InChI=1S/C7H14O/c1-4-6-7(3,5-2)8-6/h6H,4-5H2,1-3H3. The second-order valence-corrected chi connectivity index (χ2v) is 2.68. The van der Waals surface area contributed by atoms with E-state index < -0.39 is 0 Å². The van der Waals surface area contributed by atoms with Gasteiger partial charge in [0.05, 0.1) is 11.7 Å². The highest BCUT2D eigenvalue weighted by atomic mass is 16.6. The maximum absolute atomic E-state index is 5.40. The van der Waals surface area contributed by atoms with E-state index >= 15 is 0 Å². The van der Waals surface area contributed by atoms with Crippen LogP contribution >= 0.6 is 0 Å². The Hall–Kier alpha value is -0.0400. The topological polar surface area (TPSA) is 12.5 Å². The first-order valence-corrected chi connectivity index (χ1v) is 3.40. The summed E-state index contributed by atoms with van der Waals surface area (Å²) in [6.45, 7) is 6.53. The molecule has 2 unspecified atom stereocenters. The molecule has 0 aliphatic carbocycles. The SMILES string of the molecule is CCC1OC1(C)CC. The van der Waals surface area contributed by atoms with Crippen molar-refractivity contribution in [1.29, 1.82) is 0 Å². The highest BCUT2D eigenvalue weighted by Gasteiger charge is 2.48. The summed E-state index contributed by atoms with van der Waals surface area (Å²) in [6.07, 6.45) is 2.89. The molecule has 8 heavy (non-hydrogen) atoms. The number of epoxide rings is 1. The van der Waals surface area contributed by atoms with Crippen LogP contribution in [0.1, 0.15) is 33.6 Å². The molecule has 1 heterocycles. The summed E-state index contributed by atoms with van der Waals surface area (Å²) in [5.41, 5.74) is 0.259. The molecular weight excluding hydrogens is 100 g/mol. The zero-order valence-corrected chi connectivity index (χ0v) is 5.90. The Morgan fingerprint density at radius 2 is 2.12 bits per heavy atom. The van der Waals surface area contributed by atoms with E-state index in [9.17, 15) is 0 Å². The van der Waals surface area contributed by atoms with Gasteiger partial charge in [0.15, 0.2) is 0 Å². The van der Waals surface area contributed by atoms with Crippen molar-refractivity contribution in [3.63, 3.8) is 0 Å². The second kappa shape index (κ2) is 1.73. The smallest absolute Gasteiger partial charge is 0.0917 e. The molecule has 1 heteroatoms. The van der Waals surface area contributed by atoms with Gasteiger partial charge in [0.1, 0.15) is 0 Å². The van der Waals surface area contributed by atoms with Crippen LogP contribution in [-0.4, -0.2) is 11.7 Å². The fraction of sp³-hybridized carbons (Fsp3) is 1.00. The van der Waals surface area contributed by atoms with Crippen LogP contribution in [0.25, 0.3) is 0 Å². The third-order valence-electron chi connectivity index (χ3n) is 2.11. The molecule has 0 bridgehead atoms. The van der Waals surface area contributed by atoms with Gasteiger partial charge in [0, 0.05) is 0 Å². The van der Waals surface area contributed by atoms with E-state index in [0.717, 1.165) is 6.42 Å². The largest absolute Gasteiger partial charge is 0.366 e. The highest BCUT2D eigenvalue weighted by Crippen LogP contribution is 2.40. The molecule has 0 amide bonds. The lowest BCUT2D eigenvalue weighted by Crippen LogP contribution is -2.05. The first-order chi connectivity index (χ1) is 3.73. The zero-order valence-electron chi connectivity index (χ0n) is 5.90. The summed E-state index contributed by atoms with van der Waals surface area (Å²) in [7, 11) is 0. The van der Waals surface area contributed by atoms with Gasteiger partial charge in [-0.2, -0.15) is 0 Å². The average Bonchev–Trinajstić information content (AvgIpc) is 2.44. The van der Waals surface area contributed by atoms with Crippen LogP contribution in [-0.2, 0) is 4.74 Å². The van der Waals surface area contributed by atoms with Crippen molar-refractivity contribution in [2.75, 3.05) is 0 Å². The molecule has 0 spiro atoms. The monoisotopic (exact) mass is 114 g/mol. The van der Waals surface area contributed by atoms with Crippen LogP contribution in [0.2, 0.25) is 0 Å². The molecule has 0 aromatic rings. The first-order valence-electron chi connectivity index (χ1n) is 3.40. The van der Waals surface area contributed by atoms with E-state index in [1.165, 1.54) is 6.42 Å². The Morgan fingerprint density at radius 3 is 2.25 bits per heavy atom. The second-order valence-electron chi connectivity index (χ2n) is 2.68. The van der Waals surface area contributed by atoms with Gasteiger partial charge in [0.2, 0.25) is 0 Å². The Kier molecular flexibility index (Phi) is 1.31. The van der Waals surface area contributed by atoms with Gasteiger partial charge in [0.25, 0.3) is 0 Å². The molecule has 1 aliphatic heterocycles. The van der Waals surface area contributed by atoms with Crippen LogP contribution in [0.3, 0.4) is 0 Å². The van der Waals surface area contributed by atoms with E-state index in [4.69, 9.17) is 4.74 Å². The number of hydrogen-bond acceptors (Lipinski definition) is 1. The Labute approximate surface area is 51.0 Å². The third-order valence-corrected chi connectivity index (χ3v) is 2.11. The summed E-state index contributed by atoms with van der Waals surface area (Å²) >= 11 is 0. The molecule has 0 N–H and O–H groups in total. The highest BCUT2D eigenvalue weighted by molar-refractivity contribution is 4.96. The normalized spacial score (nSPS) is 44.6. The van der Waals surface area contributed by atoms with E-state index in [2.05, 4.69) is 20.8 Å². The van der Waals surface area contributed by atoms with Crippen LogP contribution < -0.4 is 0 Å². The van der Waals surface area contributed by atoms with Gasteiger partial charge in [-0.1, -0.05) is 13.8 Å². The molecule has 1 saturated heterocycles. The summed E-state index contributed by atoms with van der Waals surface area (Å²) in [4.78, 5) is 0. The van der Waals surface area contributed by atoms with Gasteiger partial charge in [-0.05, 0) is 19.8 Å². The molecule has 0 radical (unpaired) electrons. The van der Waals surface area contributed by atoms with Crippen molar-refractivity contribution in [2.45, 2.75) is 45.3 Å². The van der Waals surface area contributed by atoms with Gasteiger partial charge < -0.3 is 4.74 Å². The third kappa shape index (κ3) is 0.752. The molecule has 48 valence electrons. The number of hydrogen-bond donors (Lipinski definition) is 0. The zero-order chi connectivity index (χ0) is 6.20. The van der Waals surface area contributed by atoms with Crippen molar-refractivity contribution >= 4 is 0 Å². The predicted octanol–water partition coefficient (Wildman–Crippen LogP) is 1.96. The Bertz CT molecular complexity index is 90.4. The fourth-order valence-electron chi connectivity index (χ4n) is 1.12. The van der Waals surface area contributed by atoms with Crippen molar-refractivity contribution in [3.8, 4) is 0 Å². The number of ether oxygens (including phenoxy) is 1. The van der Waals surface area contributed by atoms with Crippen LogP contribution in [0, 0.1) is 0 Å². The quantitative estimate of drug-likeness (QED) is 0.500. The number of rotatable bonds is 2. The molecule has 2 atom stereocenters. The van der Waals surface area contributed by atoms with E-state index in [0.29, 0.717) is 6.10 Å². The van der Waals surface area contributed by atoms with Crippen molar-refractivity contribution in [3.05, 3.63) is 0 Å². The lowest BCUT2D eigenvalue weighted by molar-refractivity contribution is 0.301. The maximum atomic E-state index is 5.40. The van der Waals surface area contributed by atoms with E-state index in [1.807, 2.05) is 0 Å². The Morgan fingerprint density at radius 1 is 1.50 bits per heavy atom. The average molecular weight is 114 g/mol. The predicted molar refractivity (Wildman–Crippen MR) is 33.9 cm³/mol. The van der Waals surface area contributed by atoms with Crippen LogP contribution in [0.5, 0.6) is 0 Å². The minimum atomic E-state index is 0.259. The molecular formula is C7H14O. The molecule has 0 aromatic heterocycles. The van der Waals surface area contributed by atoms with Crippen molar-refractivity contribution in [1.82, 2.24) is 0 Å². The Balaban J connectivity index is 2.31. The molecule has 1 rings (SSSR count). The first kappa shape index (κ1) is 6.09. The molecule has 0 aromatic carbocycles. The van der Waals surface area contributed by atoms with Gasteiger partial charge >= 0.3 is 0 Å². The summed E-state index contributed by atoms with van der Waals surface area (Å²) in [5.74, 6) is 0. The molecule has 1 nitrogen and oxygen atoms in total.